The smallest absolute Gasteiger partial charge is 0.416 e. The summed E-state index contributed by atoms with van der Waals surface area (Å²) in [6.45, 7) is -0.325. The molecular formula is C17H16F4O4S. The molecule has 9 heteroatoms. The highest BCUT2D eigenvalue weighted by atomic mass is 32.2. The van der Waals surface area contributed by atoms with Crippen LogP contribution in [0.25, 0.3) is 0 Å². The van der Waals surface area contributed by atoms with Crippen LogP contribution >= 0.6 is 0 Å². The predicted octanol–water partition coefficient (Wildman–Crippen LogP) is 4.33. The Hall–Kier alpha value is -2.13. The highest BCUT2D eigenvalue weighted by Gasteiger charge is 2.31. The van der Waals surface area contributed by atoms with Crippen LogP contribution in [0.1, 0.15) is 23.7 Å². The molecule has 1 unspecified atom stereocenters. The third-order valence-corrected chi connectivity index (χ3v) is 3.96. The molecule has 142 valence electrons. The molecule has 0 N–H and O–H groups in total. The summed E-state index contributed by atoms with van der Waals surface area (Å²) in [6.07, 6.45) is -4.83. The van der Waals surface area contributed by atoms with E-state index in [-0.39, 0.29) is 24.3 Å². The van der Waals surface area contributed by atoms with Crippen LogP contribution in [0.3, 0.4) is 0 Å². The van der Waals surface area contributed by atoms with Crippen LogP contribution in [-0.4, -0.2) is 21.3 Å². The van der Waals surface area contributed by atoms with E-state index in [9.17, 15) is 26.0 Å². The molecule has 0 saturated carbocycles. The SMILES string of the molecule is CS(=O)(=O)OCCC(Oc1ccccc1F)c1cccc(C(F)(F)F)c1. The van der Waals surface area contributed by atoms with E-state index in [2.05, 4.69) is 4.18 Å². The van der Waals surface area contributed by atoms with Crippen LogP contribution in [0.15, 0.2) is 48.5 Å². The van der Waals surface area contributed by atoms with Crippen molar-refractivity contribution in [1.82, 2.24) is 0 Å². The Kier molecular flexibility index (Phi) is 6.25. The van der Waals surface area contributed by atoms with Gasteiger partial charge in [0.15, 0.2) is 11.6 Å². The fourth-order valence-corrected chi connectivity index (χ4v) is 2.61. The van der Waals surface area contributed by atoms with Gasteiger partial charge in [-0.3, -0.25) is 4.18 Å². The molecule has 2 rings (SSSR count). The van der Waals surface area contributed by atoms with Gasteiger partial charge >= 0.3 is 6.18 Å². The van der Waals surface area contributed by atoms with Gasteiger partial charge < -0.3 is 4.74 Å². The van der Waals surface area contributed by atoms with Crippen LogP contribution in [0, 0.1) is 5.82 Å². The molecule has 1 atom stereocenters. The zero-order valence-electron chi connectivity index (χ0n) is 13.7. The third kappa shape index (κ3) is 5.99. The summed E-state index contributed by atoms with van der Waals surface area (Å²) in [6, 6.07) is 9.79. The molecule has 0 aliphatic heterocycles. The van der Waals surface area contributed by atoms with Gasteiger partial charge in [-0.25, -0.2) is 4.39 Å². The first-order chi connectivity index (χ1) is 12.1. The lowest BCUT2D eigenvalue weighted by Crippen LogP contribution is -2.15. The lowest BCUT2D eigenvalue weighted by atomic mass is 10.0. The lowest BCUT2D eigenvalue weighted by Gasteiger charge is -2.21. The molecule has 0 saturated heterocycles. The Morgan fingerprint density at radius 1 is 1.08 bits per heavy atom. The molecule has 2 aromatic carbocycles. The Morgan fingerprint density at radius 2 is 1.77 bits per heavy atom. The van der Waals surface area contributed by atoms with Crippen molar-refractivity contribution in [3.05, 3.63) is 65.5 Å². The van der Waals surface area contributed by atoms with Gasteiger partial charge in [0.25, 0.3) is 10.1 Å². The minimum absolute atomic E-state index is 0.0945. The molecule has 0 heterocycles. The zero-order valence-corrected chi connectivity index (χ0v) is 14.5. The average molecular weight is 392 g/mol. The standard InChI is InChI=1S/C17H16F4O4S/c1-26(22,23)24-10-9-15(25-16-8-3-2-7-14(16)18)12-5-4-6-13(11-12)17(19,20)21/h2-8,11,15H,9-10H2,1H3. The largest absolute Gasteiger partial charge is 0.483 e. The van der Waals surface area contributed by atoms with Crippen LogP contribution < -0.4 is 4.74 Å². The molecule has 0 aliphatic rings. The minimum atomic E-state index is -4.55. The van der Waals surface area contributed by atoms with Crippen molar-refractivity contribution >= 4 is 10.1 Å². The summed E-state index contributed by atoms with van der Waals surface area (Å²) in [5.41, 5.74) is -0.763. The van der Waals surface area contributed by atoms with Crippen molar-refractivity contribution in [3.8, 4) is 5.75 Å². The van der Waals surface area contributed by atoms with Crippen molar-refractivity contribution in [2.75, 3.05) is 12.9 Å². The molecule has 26 heavy (non-hydrogen) atoms. The van der Waals surface area contributed by atoms with Gasteiger partial charge in [-0.05, 0) is 29.8 Å². The minimum Gasteiger partial charge on any atom is -0.483 e. The number of para-hydroxylation sites is 1. The molecule has 0 radical (unpaired) electrons. The Bertz CT molecular complexity index is 850. The maximum atomic E-state index is 13.8. The summed E-state index contributed by atoms with van der Waals surface area (Å²) < 4.78 is 84.9. The highest BCUT2D eigenvalue weighted by molar-refractivity contribution is 7.85. The number of halogens is 4. The number of hydrogen-bond acceptors (Lipinski definition) is 4. The van der Waals surface area contributed by atoms with Gasteiger partial charge in [-0.1, -0.05) is 24.3 Å². The van der Waals surface area contributed by atoms with E-state index < -0.39 is 33.8 Å². The van der Waals surface area contributed by atoms with Crippen molar-refractivity contribution in [3.63, 3.8) is 0 Å². The monoisotopic (exact) mass is 392 g/mol. The third-order valence-electron chi connectivity index (χ3n) is 3.37. The average Bonchev–Trinajstić information content (AvgIpc) is 2.54. The van der Waals surface area contributed by atoms with E-state index in [4.69, 9.17) is 4.74 Å². The summed E-state index contributed by atoms with van der Waals surface area (Å²) in [7, 11) is -3.72. The molecule has 4 nitrogen and oxygen atoms in total. The fourth-order valence-electron chi connectivity index (χ4n) is 2.21. The predicted molar refractivity (Wildman–Crippen MR) is 86.6 cm³/mol. The molecular weight excluding hydrogens is 376 g/mol. The van der Waals surface area contributed by atoms with Crippen LogP contribution in [0.5, 0.6) is 5.75 Å². The Balaban J connectivity index is 2.29. The normalized spacial score (nSPS) is 13.4. The van der Waals surface area contributed by atoms with Crippen LogP contribution in [0.2, 0.25) is 0 Å². The molecule has 0 aromatic heterocycles. The topological polar surface area (TPSA) is 52.6 Å². The van der Waals surface area contributed by atoms with E-state index in [1.165, 1.54) is 30.3 Å². The van der Waals surface area contributed by atoms with E-state index >= 15 is 0 Å². The van der Waals surface area contributed by atoms with Gasteiger partial charge in [0.2, 0.25) is 0 Å². The molecule has 0 bridgehead atoms. The number of benzene rings is 2. The van der Waals surface area contributed by atoms with Crippen molar-refractivity contribution in [2.45, 2.75) is 18.7 Å². The first-order valence-corrected chi connectivity index (χ1v) is 9.30. The first kappa shape index (κ1) is 20.2. The van der Waals surface area contributed by atoms with E-state index in [0.29, 0.717) is 0 Å². The fraction of sp³-hybridized carbons (Fsp3) is 0.294. The van der Waals surface area contributed by atoms with Gasteiger partial charge in [0.1, 0.15) is 6.10 Å². The number of ether oxygens (including phenoxy) is 1. The van der Waals surface area contributed by atoms with E-state index in [1.807, 2.05) is 0 Å². The van der Waals surface area contributed by atoms with Crippen molar-refractivity contribution in [1.29, 1.82) is 0 Å². The van der Waals surface area contributed by atoms with Gasteiger partial charge in [0, 0.05) is 6.42 Å². The van der Waals surface area contributed by atoms with Crippen LogP contribution in [-0.2, 0) is 20.5 Å². The van der Waals surface area contributed by atoms with Crippen LogP contribution in [0.4, 0.5) is 17.6 Å². The van der Waals surface area contributed by atoms with Gasteiger partial charge in [0.05, 0.1) is 18.4 Å². The number of hydrogen-bond donors (Lipinski definition) is 0. The summed E-state index contributed by atoms with van der Waals surface area (Å²) in [5, 5.41) is 0. The second-order valence-corrected chi connectivity index (χ2v) is 7.12. The molecule has 0 spiro atoms. The molecule has 0 aliphatic carbocycles. The summed E-state index contributed by atoms with van der Waals surface area (Å²) >= 11 is 0. The maximum absolute atomic E-state index is 13.8. The summed E-state index contributed by atoms with van der Waals surface area (Å²) in [5.74, 6) is -0.845. The van der Waals surface area contributed by atoms with Crippen molar-refractivity contribution in [2.24, 2.45) is 0 Å². The highest BCUT2D eigenvalue weighted by Crippen LogP contribution is 2.33. The Labute approximate surface area is 148 Å². The van der Waals surface area contributed by atoms with E-state index in [0.717, 1.165) is 24.5 Å². The van der Waals surface area contributed by atoms with E-state index in [1.54, 1.807) is 0 Å². The lowest BCUT2D eigenvalue weighted by molar-refractivity contribution is -0.137. The first-order valence-electron chi connectivity index (χ1n) is 7.49. The quantitative estimate of drug-likeness (QED) is 0.520. The number of rotatable bonds is 7. The van der Waals surface area contributed by atoms with Crippen molar-refractivity contribution < 1.29 is 34.9 Å². The summed E-state index contributed by atoms with van der Waals surface area (Å²) in [4.78, 5) is 0. The van der Waals surface area contributed by atoms with Gasteiger partial charge in [-0.15, -0.1) is 0 Å². The number of alkyl halides is 3. The Morgan fingerprint density at radius 3 is 2.38 bits per heavy atom. The molecule has 0 fully saturated rings. The molecule has 0 amide bonds. The maximum Gasteiger partial charge on any atom is 0.416 e. The second kappa shape index (κ2) is 8.05. The zero-order chi connectivity index (χ0) is 19.4. The van der Waals surface area contributed by atoms with Gasteiger partial charge in [-0.2, -0.15) is 21.6 Å². The molecule has 2 aromatic rings. The second-order valence-electron chi connectivity index (χ2n) is 5.47.